The summed E-state index contributed by atoms with van der Waals surface area (Å²) in [6.07, 6.45) is 32.7. The van der Waals surface area contributed by atoms with E-state index >= 15 is 0 Å². The molecule has 256 valence electrons. The zero-order chi connectivity index (χ0) is 32.5. The maximum absolute atomic E-state index is 12.6. The van der Waals surface area contributed by atoms with Gasteiger partial charge in [0.25, 0.3) is 6.47 Å². The molecule has 0 aromatic heterocycles. The van der Waals surface area contributed by atoms with E-state index < -0.39 is 5.97 Å². The predicted molar refractivity (Wildman–Crippen MR) is 183 cm³/mol. The standard InChI is InChI=1S/C38H68O6/c1-4-6-8-9-14-21-27-36(28-22-16-10-12-17-23-29-37(40)41)44-38(42)30-24-18-13-11-15-20-26-35(43-33-39)32-31-34(3)25-19-7-5-2/h14,21,31,33,35-36H,4-13,15-20,22-30,32H2,1-3H3,(H,40,41)/b21-14-,34-31+. The van der Waals surface area contributed by atoms with E-state index in [1.54, 1.807) is 0 Å². The highest BCUT2D eigenvalue weighted by molar-refractivity contribution is 5.69. The van der Waals surface area contributed by atoms with Crippen molar-refractivity contribution in [1.29, 1.82) is 0 Å². The molecule has 0 bridgehead atoms. The molecule has 0 saturated carbocycles. The van der Waals surface area contributed by atoms with Gasteiger partial charge in [0.2, 0.25) is 0 Å². The van der Waals surface area contributed by atoms with E-state index in [4.69, 9.17) is 14.6 Å². The van der Waals surface area contributed by atoms with Crippen molar-refractivity contribution in [2.75, 3.05) is 0 Å². The van der Waals surface area contributed by atoms with Crippen LogP contribution in [0, 0.1) is 0 Å². The molecule has 0 spiro atoms. The fourth-order valence-corrected chi connectivity index (χ4v) is 5.46. The number of carbonyl (C=O) groups excluding carboxylic acids is 2. The van der Waals surface area contributed by atoms with Crippen LogP contribution in [0.2, 0.25) is 0 Å². The second-order valence-corrected chi connectivity index (χ2v) is 12.6. The summed E-state index contributed by atoms with van der Waals surface area (Å²) in [5, 5.41) is 8.75. The molecule has 0 aromatic carbocycles. The Bertz CT molecular complexity index is 744. The zero-order valence-electron chi connectivity index (χ0n) is 28.8. The van der Waals surface area contributed by atoms with Gasteiger partial charge >= 0.3 is 11.9 Å². The molecule has 0 aliphatic carbocycles. The van der Waals surface area contributed by atoms with Crippen LogP contribution in [0.1, 0.15) is 188 Å². The highest BCUT2D eigenvalue weighted by Crippen LogP contribution is 2.18. The van der Waals surface area contributed by atoms with Crippen LogP contribution in [0.25, 0.3) is 0 Å². The molecule has 6 heteroatoms. The minimum atomic E-state index is -0.713. The van der Waals surface area contributed by atoms with Gasteiger partial charge in [-0.1, -0.05) is 115 Å². The smallest absolute Gasteiger partial charge is 0.306 e. The van der Waals surface area contributed by atoms with Crippen molar-refractivity contribution in [1.82, 2.24) is 0 Å². The van der Waals surface area contributed by atoms with Crippen molar-refractivity contribution in [3.63, 3.8) is 0 Å². The summed E-state index contributed by atoms with van der Waals surface area (Å²) >= 11 is 0. The number of unbranched alkanes of at least 4 members (excludes halogenated alkanes) is 15. The Balaban J connectivity index is 4.22. The Kier molecular flexibility index (Phi) is 30.7. The van der Waals surface area contributed by atoms with Crippen LogP contribution in [0.3, 0.4) is 0 Å². The normalized spacial score (nSPS) is 13.2. The molecule has 6 nitrogen and oxygen atoms in total. The molecule has 2 atom stereocenters. The van der Waals surface area contributed by atoms with E-state index in [9.17, 15) is 14.4 Å². The topological polar surface area (TPSA) is 89.9 Å². The first kappa shape index (κ1) is 41.9. The lowest BCUT2D eigenvalue weighted by molar-refractivity contribution is -0.149. The third kappa shape index (κ3) is 29.9. The van der Waals surface area contributed by atoms with Crippen LogP contribution >= 0.6 is 0 Å². The van der Waals surface area contributed by atoms with Gasteiger partial charge in [0.15, 0.2) is 0 Å². The van der Waals surface area contributed by atoms with Gasteiger partial charge in [0.1, 0.15) is 12.2 Å². The van der Waals surface area contributed by atoms with Crippen molar-refractivity contribution >= 4 is 18.4 Å². The Morgan fingerprint density at radius 3 is 1.80 bits per heavy atom. The average Bonchev–Trinajstić information content (AvgIpc) is 2.99. The molecule has 1 N–H and O–H groups in total. The Morgan fingerprint density at radius 2 is 1.18 bits per heavy atom. The molecule has 0 saturated heterocycles. The van der Waals surface area contributed by atoms with Crippen LogP contribution in [0.5, 0.6) is 0 Å². The van der Waals surface area contributed by atoms with E-state index in [0.29, 0.717) is 12.9 Å². The molecular formula is C38H68O6. The molecule has 0 aliphatic heterocycles. The van der Waals surface area contributed by atoms with Crippen molar-refractivity contribution in [3.05, 3.63) is 23.8 Å². The largest absolute Gasteiger partial charge is 0.481 e. The molecule has 0 fully saturated rings. The van der Waals surface area contributed by atoms with Gasteiger partial charge in [0.05, 0.1) is 0 Å². The summed E-state index contributed by atoms with van der Waals surface area (Å²) < 4.78 is 11.2. The summed E-state index contributed by atoms with van der Waals surface area (Å²) in [5.41, 5.74) is 1.39. The summed E-state index contributed by atoms with van der Waals surface area (Å²) in [7, 11) is 0. The molecule has 0 aromatic rings. The third-order valence-corrected chi connectivity index (χ3v) is 8.31. The van der Waals surface area contributed by atoms with Crippen LogP contribution in [-0.4, -0.2) is 35.7 Å². The maximum Gasteiger partial charge on any atom is 0.306 e. The summed E-state index contributed by atoms with van der Waals surface area (Å²) in [6.45, 7) is 7.19. The molecule has 0 heterocycles. The quantitative estimate of drug-likeness (QED) is 0.0340. The lowest BCUT2D eigenvalue weighted by Gasteiger charge is -2.17. The highest BCUT2D eigenvalue weighted by Gasteiger charge is 2.13. The first-order chi connectivity index (χ1) is 21.4. The number of carbonyl (C=O) groups is 3. The lowest BCUT2D eigenvalue weighted by atomic mass is 10.0. The van der Waals surface area contributed by atoms with Crippen LogP contribution in [0.4, 0.5) is 0 Å². The fourth-order valence-electron chi connectivity index (χ4n) is 5.46. The molecule has 0 rings (SSSR count). The Morgan fingerprint density at radius 1 is 0.636 bits per heavy atom. The van der Waals surface area contributed by atoms with Gasteiger partial charge in [-0.3, -0.25) is 14.4 Å². The molecule has 44 heavy (non-hydrogen) atoms. The van der Waals surface area contributed by atoms with Crippen molar-refractivity contribution in [2.45, 2.75) is 200 Å². The summed E-state index contributed by atoms with van der Waals surface area (Å²) in [6, 6.07) is 0. The Labute approximate surface area is 270 Å². The molecule has 0 amide bonds. The zero-order valence-corrected chi connectivity index (χ0v) is 28.8. The third-order valence-electron chi connectivity index (χ3n) is 8.31. The van der Waals surface area contributed by atoms with Gasteiger partial charge in [-0.25, -0.2) is 0 Å². The number of ether oxygens (including phenoxy) is 2. The SMILES string of the molecule is CCCCC/C=C\CC(CCCCCCCCC(=O)O)OC(=O)CCCCCCCCC(C/C=C(\C)CCCCC)OC=O. The van der Waals surface area contributed by atoms with Gasteiger partial charge in [-0.05, 0) is 71.1 Å². The van der Waals surface area contributed by atoms with E-state index in [-0.39, 0.29) is 24.6 Å². The number of hydrogen-bond acceptors (Lipinski definition) is 5. The molecule has 2 unspecified atom stereocenters. The first-order valence-electron chi connectivity index (χ1n) is 18.2. The van der Waals surface area contributed by atoms with E-state index in [1.165, 1.54) is 44.1 Å². The second kappa shape index (κ2) is 32.3. The van der Waals surface area contributed by atoms with Gasteiger partial charge in [-0.2, -0.15) is 0 Å². The highest BCUT2D eigenvalue weighted by atomic mass is 16.5. The number of carboxylic acid groups (broad SMARTS) is 1. The number of hydrogen-bond donors (Lipinski definition) is 1. The van der Waals surface area contributed by atoms with Gasteiger partial charge < -0.3 is 14.6 Å². The first-order valence-corrected chi connectivity index (χ1v) is 18.2. The number of carboxylic acids is 1. The Hall–Kier alpha value is -2.11. The predicted octanol–water partition coefficient (Wildman–Crippen LogP) is 11.2. The van der Waals surface area contributed by atoms with E-state index in [2.05, 4.69) is 39.0 Å². The van der Waals surface area contributed by atoms with Crippen molar-refractivity contribution < 1.29 is 29.0 Å². The monoisotopic (exact) mass is 621 g/mol. The average molecular weight is 621 g/mol. The molecular weight excluding hydrogens is 552 g/mol. The van der Waals surface area contributed by atoms with Crippen LogP contribution in [0.15, 0.2) is 23.8 Å². The molecule has 0 aliphatic rings. The minimum Gasteiger partial charge on any atom is -0.481 e. The summed E-state index contributed by atoms with van der Waals surface area (Å²) in [4.78, 5) is 34.2. The maximum atomic E-state index is 12.6. The van der Waals surface area contributed by atoms with Crippen LogP contribution in [-0.2, 0) is 23.9 Å². The fraction of sp³-hybridized carbons (Fsp3) is 0.816. The number of allylic oxidation sites excluding steroid dienone is 2. The van der Waals surface area contributed by atoms with Crippen LogP contribution < -0.4 is 0 Å². The van der Waals surface area contributed by atoms with E-state index in [0.717, 1.165) is 116 Å². The summed E-state index contributed by atoms with van der Waals surface area (Å²) in [5.74, 6) is -0.787. The van der Waals surface area contributed by atoms with E-state index in [1.807, 2.05) is 0 Å². The van der Waals surface area contributed by atoms with Crippen molar-refractivity contribution in [2.24, 2.45) is 0 Å². The minimum absolute atomic E-state index is 0.0219. The van der Waals surface area contributed by atoms with Gasteiger partial charge in [0, 0.05) is 25.7 Å². The number of aliphatic carboxylic acids is 1. The second-order valence-electron chi connectivity index (χ2n) is 12.6. The number of esters is 1. The van der Waals surface area contributed by atoms with Crippen molar-refractivity contribution in [3.8, 4) is 0 Å². The van der Waals surface area contributed by atoms with Gasteiger partial charge in [-0.15, -0.1) is 0 Å². The molecule has 0 radical (unpaired) electrons. The number of rotatable bonds is 33. The lowest BCUT2D eigenvalue weighted by Crippen LogP contribution is -2.17.